The van der Waals surface area contributed by atoms with Crippen LogP contribution >= 0.6 is 12.2 Å². The first-order chi connectivity index (χ1) is 9.49. The minimum absolute atomic E-state index is 0.438. The molecule has 0 saturated carbocycles. The van der Waals surface area contributed by atoms with Crippen molar-refractivity contribution in [2.75, 3.05) is 11.4 Å². The summed E-state index contributed by atoms with van der Waals surface area (Å²) < 4.78 is 0. The van der Waals surface area contributed by atoms with Crippen molar-refractivity contribution in [1.29, 1.82) is 0 Å². The molecular weight excluding hydrogens is 268 g/mol. The third-order valence-electron chi connectivity index (χ3n) is 4.13. The van der Waals surface area contributed by atoms with Gasteiger partial charge in [0.2, 0.25) is 0 Å². The molecule has 1 saturated heterocycles. The van der Waals surface area contributed by atoms with Crippen LogP contribution in [-0.4, -0.2) is 27.8 Å². The quantitative estimate of drug-likeness (QED) is 0.864. The fraction of sp³-hybridized carbons (Fsp3) is 0.667. The van der Waals surface area contributed by atoms with Crippen molar-refractivity contribution < 1.29 is 0 Å². The van der Waals surface area contributed by atoms with E-state index in [-0.39, 0.29) is 0 Å². The van der Waals surface area contributed by atoms with Crippen LogP contribution < -0.4 is 10.6 Å². The zero-order chi connectivity index (χ0) is 14.9. The number of thiocarbonyl (C=S) groups is 1. The van der Waals surface area contributed by atoms with E-state index >= 15 is 0 Å². The molecule has 1 fully saturated rings. The number of nitrogens with two attached hydrogens (primary N) is 1. The third-order valence-corrected chi connectivity index (χ3v) is 4.33. The van der Waals surface area contributed by atoms with E-state index < -0.39 is 0 Å². The number of rotatable bonds is 4. The second-order valence-corrected chi connectivity index (χ2v) is 6.18. The van der Waals surface area contributed by atoms with Gasteiger partial charge in [-0.1, -0.05) is 33.0 Å². The van der Waals surface area contributed by atoms with Crippen LogP contribution in [0.2, 0.25) is 0 Å². The van der Waals surface area contributed by atoms with Gasteiger partial charge in [-0.2, -0.15) is 5.10 Å². The second-order valence-electron chi connectivity index (χ2n) is 5.74. The first-order valence-electron chi connectivity index (χ1n) is 7.44. The van der Waals surface area contributed by atoms with Crippen LogP contribution in [0, 0.1) is 5.92 Å². The first-order valence-corrected chi connectivity index (χ1v) is 7.85. The van der Waals surface area contributed by atoms with E-state index in [0.29, 0.717) is 16.9 Å². The first kappa shape index (κ1) is 15.2. The smallest absolute Gasteiger partial charge is 0.162 e. The largest absolute Gasteiger partial charge is 0.389 e. The summed E-state index contributed by atoms with van der Waals surface area (Å²) in [4.78, 5) is 2.75. The fourth-order valence-corrected chi connectivity index (χ4v) is 3.43. The molecule has 2 unspecified atom stereocenters. The average molecular weight is 292 g/mol. The standard InChI is InChI=1S/C15H24N4S/c1-5-11-12(6-2)17-18-15(13(11)14(16)20)19-8-9(3)7-10(19)4/h9-10H,5-8H2,1-4H3,(H2,16,20). The monoisotopic (exact) mass is 292 g/mol. The Bertz CT molecular complexity index is 515. The van der Waals surface area contributed by atoms with Crippen molar-refractivity contribution in [3.8, 4) is 0 Å². The number of nitrogens with zero attached hydrogens (tertiary/aromatic N) is 3. The summed E-state index contributed by atoms with van der Waals surface area (Å²) in [5, 5.41) is 8.86. The summed E-state index contributed by atoms with van der Waals surface area (Å²) >= 11 is 5.30. The summed E-state index contributed by atoms with van der Waals surface area (Å²) in [6.07, 6.45) is 2.92. The zero-order valence-corrected chi connectivity index (χ0v) is 13.6. The molecule has 110 valence electrons. The van der Waals surface area contributed by atoms with Gasteiger partial charge in [-0.3, -0.25) is 0 Å². The Morgan fingerprint density at radius 3 is 2.45 bits per heavy atom. The minimum atomic E-state index is 0.438. The van der Waals surface area contributed by atoms with Crippen molar-refractivity contribution in [2.45, 2.75) is 53.0 Å². The Kier molecular flexibility index (Phi) is 4.58. The van der Waals surface area contributed by atoms with Gasteiger partial charge < -0.3 is 10.6 Å². The SMILES string of the molecule is CCc1nnc(N2CC(C)CC2C)c(C(N)=S)c1CC. The van der Waals surface area contributed by atoms with E-state index in [1.807, 2.05) is 0 Å². The lowest BCUT2D eigenvalue weighted by atomic mass is 10.0. The minimum Gasteiger partial charge on any atom is -0.389 e. The molecule has 1 aliphatic rings. The highest BCUT2D eigenvalue weighted by atomic mass is 32.1. The van der Waals surface area contributed by atoms with Crippen LogP contribution in [0.15, 0.2) is 0 Å². The molecule has 2 heterocycles. The maximum atomic E-state index is 6.00. The molecule has 2 atom stereocenters. The van der Waals surface area contributed by atoms with Crippen molar-refractivity contribution in [3.63, 3.8) is 0 Å². The molecule has 0 amide bonds. The lowest BCUT2D eigenvalue weighted by Gasteiger charge is -2.26. The maximum Gasteiger partial charge on any atom is 0.162 e. The summed E-state index contributed by atoms with van der Waals surface area (Å²) in [5.41, 5.74) is 9.12. The van der Waals surface area contributed by atoms with Gasteiger partial charge in [0.15, 0.2) is 5.82 Å². The topological polar surface area (TPSA) is 55.0 Å². The van der Waals surface area contributed by atoms with Crippen LogP contribution in [0.3, 0.4) is 0 Å². The van der Waals surface area contributed by atoms with Gasteiger partial charge in [0.05, 0.1) is 11.3 Å². The Hall–Kier alpha value is -1.23. The maximum absolute atomic E-state index is 6.00. The predicted octanol–water partition coefficient (Wildman–Crippen LogP) is 2.47. The van der Waals surface area contributed by atoms with Crippen LogP contribution in [0.4, 0.5) is 5.82 Å². The Morgan fingerprint density at radius 2 is 2.00 bits per heavy atom. The predicted molar refractivity (Wildman–Crippen MR) is 87.3 cm³/mol. The van der Waals surface area contributed by atoms with Gasteiger partial charge >= 0.3 is 0 Å². The van der Waals surface area contributed by atoms with E-state index in [1.165, 1.54) is 6.42 Å². The van der Waals surface area contributed by atoms with Crippen LogP contribution in [-0.2, 0) is 12.8 Å². The molecule has 20 heavy (non-hydrogen) atoms. The van der Waals surface area contributed by atoms with E-state index in [2.05, 4.69) is 42.8 Å². The molecule has 0 aromatic carbocycles. The molecule has 0 aliphatic carbocycles. The molecule has 2 rings (SSSR count). The molecule has 1 aromatic heterocycles. The summed E-state index contributed by atoms with van der Waals surface area (Å²) in [7, 11) is 0. The lowest BCUT2D eigenvalue weighted by Crippen LogP contribution is -2.32. The van der Waals surface area contributed by atoms with Crippen molar-refractivity contribution in [2.24, 2.45) is 11.7 Å². The number of aromatic nitrogens is 2. The number of hydrogen-bond acceptors (Lipinski definition) is 4. The summed E-state index contributed by atoms with van der Waals surface area (Å²) in [6.45, 7) is 9.71. The molecule has 0 radical (unpaired) electrons. The molecule has 0 spiro atoms. The van der Waals surface area contributed by atoms with Crippen LogP contribution in [0.1, 0.15) is 50.9 Å². The van der Waals surface area contributed by atoms with Gasteiger partial charge in [0.25, 0.3) is 0 Å². The molecule has 5 heteroatoms. The van der Waals surface area contributed by atoms with Crippen LogP contribution in [0.5, 0.6) is 0 Å². The number of aryl methyl sites for hydroxylation is 1. The van der Waals surface area contributed by atoms with E-state index in [1.54, 1.807) is 0 Å². The fourth-order valence-electron chi connectivity index (χ4n) is 3.22. The van der Waals surface area contributed by atoms with Gasteiger partial charge in [0.1, 0.15) is 4.99 Å². The van der Waals surface area contributed by atoms with Crippen molar-refractivity contribution >= 4 is 23.0 Å². The molecule has 0 bridgehead atoms. The van der Waals surface area contributed by atoms with Gasteiger partial charge in [-0.15, -0.1) is 5.10 Å². The highest BCUT2D eigenvalue weighted by molar-refractivity contribution is 7.80. The van der Waals surface area contributed by atoms with Crippen LogP contribution in [0.25, 0.3) is 0 Å². The summed E-state index contributed by atoms with van der Waals surface area (Å²) in [5.74, 6) is 1.55. The highest BCUT2D eigenvalue weighted by Gasteiger charge is 2.31. The molecular formula is C15H24N4S. The zero-order valence-electron chi connectivity index (χ0n) is 12.8. The Balaban J connectivity index is 2.56. The third kappa shape index (κ3) is 2.64. The second kappa shape index (κ2) is 6.04. The van der Waals surface area contributed by atoms with Gasteiger partial charge in [-0.25, -0.2) is 0 Å². The molecule has 1 aromatic rings. The van der Waals surface area contributed by atoms with E-state index in [9.17, 15) is 0 Å². The normalized spacial score (nSPS) is 22.3. The van der Waals surface area contributed by atoms with Crippen molar-refractivity contribution in [3.05, 3.63) is 16.8 Å². The van der Waals surface area contributed by atoms with Gasteiger partial charge in [0, 0.05) is 12.6 Å². The number of hydrogen-bond donors (Lipinski definition) is 1. The lowest BCUT2D eigenvalue weighted by molar-refractivity contribution is 0.625. The van der Waals surface area contributed by atoms with Gasteiger partial charge in [-0.05, 0) is 37.7 Å². The molecule has 4 nitrogen and oxygen atoms in total. The summed E-state index contributed by atoms with van der Waals surface area (Å²) in [6, 6.07) is 0.463. The van der Waals surface area contributed by atoms with Crippen molar-refractivity contribution in [1.82, 2.24) is 10.2 Å². The Labute approximate surface area is 126 Å². The molecule has 2 N–H and O–H groups in total. The average Bonchev–Trinajstić information content (AvgIpc) is 2.75. The molecule has 1 aliphatic heterocycles. The number of anilines is 1. The highest BCUT2D eigenvalue weighted by Crippen LogP contribution is 2.31. The van der Waals surface area contributed by atoms with E-state index in [4.69, 9.17) is 18.0 Å². The Morgan fingerprint density at radius 1 is 1.30 bits per heavy atom. The van der Waals surface area contributed by atoms with E-state index in [0.717, 1.165) is 42.0 Å².